The fourth-order valence-electron chi connectivity index (χ4n) is 4.61. The summed E-state index contributed by atoms with van der Waals surface area (Å²) in [4.78, 5) is 27.5. The van der Waals surface area contributed by atoms with E-state index in [0.29, 0.717) is 24.3 Å². The molecule has 2 aromatic heterocycles. The molecule has 0 saturated carbocycles. The van der Waals surface area contributed by atoms with E-state index in [4.69, 9.17) is 4.74 Å². The number of hydrogen-bond acceptors (Lipinski definition) is 7. The molecule has 180 valence electrons. The van der Waals surface area contributed by atoms with E-state index in [1.54, 1.807) is 43.5 Å². The smallest absolute Gasteiger partial charge is 0.308 e. The number of pyridine rings is 1. The Labute approximate surface area is 202 Å². The van der Waals surface area contributed by atoms with Crippen molar-refractivity contribution in [3.63, 3.8) is 0 Å². The number of aliphatic carboxylic acids is 1. The third-order valence-corrected chi connectivity index (χ3v) is 7.41. The molecule has 1 aliphatic heterocycles. The lowest BCUT2D eigenvalue weighted by atomic mass is 9.81. The number of halogens is 1. The van der Waals surface area contributed by atoms with Crippen LogP contribution in [0.25, 0.3) is 10.9 Å². The van der Waals surface area contributed by atoms with E-state index >= 15 is 4.39 Å². The molecule has 3 atom stereocenters. The van der Waals surface area contributed by atoms with Crippen molar-refractivity contribution in [3.8, 4) is 5.75 Å². The van der Waals surface area contributed by atoms with E-state index in [1.165, 1.54) is 6.33 Å². The molecule has 0 aliphatic carbocycles. The number of rotatable bonds is 10. The zero-order valence-electron chi connectivity index (χ0n) is 19.1. The van der Waals surface area contributed by atoms with E-state index < -0.39 is 18.1 Å². The first kappa shape index (κ1) is 24.3. The number of ether oxygens (including phenoxy) is 1. The van der Waals surface area contributed by atoms with Crippen LogP contribution in [-0.4, -0.2) is 63.4 Å². The van der Waals surface area contributed by atoms with Gasteiger partial charge < -0.3 is 14.7 Å². The van der Waals surface area contributed by atoms with Crippen LogP contribution in [0, 0.1) is 11.8 Å². The van der Waals surface area contributed by atoms with Gasteiger partial charge in [-0.1, -0.05) is 0 Å². The fraction of sp³-hybridized carbons (Fsp3) is 0.440. The second kappa shape index (κ2) is 11.6. The van der Waals surface area contributed by atoms with Gasteiger partial charge in [0.15, 0.2) is 0 Å². The Bertz CT molecular complexity index is 1100. The van der Waals surface area contributed by atoms with E-state index in [2.05, 4.69) is 19.9 Å². The number of piperidine rings is 1. The Morgan fingerprint density at radius 2 is 2.15 bits per heavy atom. The maximum absolute atomic E-state index is 15.3. The summed E-state index contributed by atoms with van der Waals surface area (Å²) in [5.41, 5.74) is 1.30. The Morgan fingerprint density at radius 3 is 2.91 bits per heavy atom. The minimum Gasteiger partial charge on any atom is -0.497 e. The SMILES string of the molecule is COc1ccc2nccc(C(F)CC[C@@H]3CCN(CCSc4cncnc4)C[C@@H]3C(=O)O)c2c1. The molecule has 1 saturated heterocycles. The number of fused-ring (bicyclic) bond motifs is 1. The van der Waals surface area contributed by atoms with Gasteiger partial charge in [0.2, 0.25) is 0 Å². The standard InChI is InChI=1S/C25H29FN4O3S/c1-33-18-3-5-24-21(12-18)20(6-8-29-24)23(26)4-2-17-7-9-30(15-22(17)25(31)32)10-11-34-19-13-27-16-28-14-19/h3,5-6,8,12-14,16-17,22-23H,2,4,7,9-11,15H2,1H3,(H,31,32)/t17-,22+,23?/m1/s1. The molecular weight excluding hydrogens is 455 g/mol. The van der Waals surface area contributed by atoms with E-state index in [-0.39, 0.29) is 12.3 Å². The van der Waals surface area contributed by atoms with Crippen molar-refractivity contribution < 1.29 is 19.0 Å². The number of carboxylic acid groups (broad SMARTS) is 1. The minimum atomic E-state index is -1.19. The topological polar surface area (TPSA) is 88.4 Å². The van der Waals surface area contributed by atoms with Crippen LogP contribution >= 0.6 is 11.8 Å². The van der Waals surface area contributed by atoms with Crippen LogP contribution in [0.5, 0.6) is 5.75 Å². The van der Waals surface area contributed by atoms with E-state index in [0.717, 1.165) is 41.1 Å². The minimum absolute atomic E-state index is 0.0372. The van der Waals surface area contributed by atoms with Crippen molar-refractivity contribution in [2.24, 2.45) is 11.8 Å². The Kier molecular flexibility index (Phi) is 8.29. The largest absolute Gasteiger partial charge is 0.497 e. The van der Waals surface area contributed by atoms with Gasteiger partial charge in [-0.05, 0) is 61.6 Å². The molecule has 1 aromatic carbocycles. The molecule has 34 heavy (non-hydrogen) atoms. The first-order chi connectivity index (χ1) is 16.5. The van der Waals surface area contributed by atoms with Crippen LogP contribution in [0.4, 0.5) is 4.39 Å². The van der Waals surface area contributed by atoms with Gasteiger partial charge in [0.1, 0.15) is 18.2 Å². The van der Waals surface area contributed by atoms with Crippen molar-refractivity contribution in [1.29, 1.82) is 0 Å². The number of alkyl halides is 1. The summed E-state index contributed by atoms with van der Waals surface area (Å²) in [5.74, 6) is 0.179. The highest BCUT2D eigenvalue weighted by Gasteiger charge is 2.34. The third kappa shape index (κ3) is 6.01. The van der Waals surface area contributed by atoms with Crippen molar-refractivity contribution in [2.45, 2.75) is 30.3 Å². The summed E-state index contributed by atoms with van der Waals surface area (Å²) in [5, 5.41) is 10.6. The summed E-state index contributed by atoms with van der Waals surface area (Å²) in [7, 11) is 1.58. The summed E-state index contributed by atoms with van der Waals surface area (Å²) >= 11 is 1.66. The third-order valence-electron chi connectivity index (χ3n) is 6.48. The van der Waals surface area contributed by atoms with Crippen LogP contribution < -0.4 is 4.74 Å². The fourth-order valence-corrected chi connectivity index (χ4v) is 5.47. The zero-order chi connectivity index (χ0) is 23.9. The van der Waals surface area contributed by atoms with Gasteiger partial charge in [0.25, 0.3) is 0 Å². The summed E-state index contributed by atoms with van der Waals surface area (Å²) < 4.78 is 20.6. The predicted octanol–water partition coefficient (Wildman–Crippen LogP) is 4.64. The van der Waals surface area contributed by atoms with Crippen LogP contribution in [0.2, 0.25) is 0 Å². The maximum Gasteiger partial charge on any atom is 0.308 e. The Hall–Kier alpha value is -2.78. The second-order valence-corrected chi connectivity index (χ2v) is 9.71. The highest BCUT2D eigenvalue weighted by molar-refractivity contribution is 7.99. The van der Waals surface area contributed by atoms with Gasteiger partial charge in [0.05, 0.1) is 18.5 Å². The molecule has 0 bridgehead atoms. The lowest BCUT2D eigenvalue weighted by Crippen LogP contribution is -2.44. The predicted molar refractivity (Wildman–Crippen MR) is 130 cm³/mol. The number of methoxy groups -OCH3 is 1. The monoisotopic (exact) mass is 484 g/mol. The molecule has 0 radical (unpaired) electrons. The number of aromatic nitrogens is 3. The number of benzene rings is 1. The molecule has 1 unspecified atom stereocenters. The van der Waals surface area contributed by atoms with Crippen molar-refractivity contribution in [1.82, 2.24) is 19.9 Å². The zero-order valence-corrected chi connectivity index (χ0v) is 20.0. The van der Waals surface area contributed by atoms with Crippen molar-refractivity contribution >= 4 is 28.6 Å². The maximum atomic E-state index is 15.3. The highest BCUT2D eigenvalue weighted by Crippen LogP contribution is 2.35. The lowest BCUT2D eigenvalue weighted by Gasteiger charge is -2.36. The van der Waals surface area contributed by atoms with Crippen LogP contribution in [-0.2, 0) is 4.79 Å². The first-order valence-corrected chi connectivity index (χ1v) is 12.4. The number of carboxylic acids is 1. The first-order valence-electron chi connectivity index (χ1n) is 11.4. The van der Waals surface area contributed by atoms with Crippen molar-refractivity contribution in [3.05, 3.63) is 54.7 Å². The molecule has 4 rings (SSSR count). The van der Waals surface area contributed by atoms with Crippen LogP contribution in [0.15, 0.2) is 54.1 Å². The summed E-state index contributed by atoms with van der Waals surface area (Å²) in [6, 6.07) is 7.15. The molecule has 3 aromatic rings. The highest BCUT2D eigenvalue weighted by atomic mass is 32.2. The lowest BCUT2D eigenvalue weighted by molar-refractivity contribution is -0.146. The number of nitrogens with zero attached hydrogens (tertiary/aromatic N) is 4. The van der Waals surface area contributed by atoms with Gasteiger partial charge in [-0.3, -0.25) is 9.78 Å². The average Bonchev–Trinajstić information content (AvgIpc) is 2.87. The molecule has 9 heteroatoms. The van der Waals surface area contributed by atoms with Gasteiger partial charge in [-0.2, -0.15) is 0 Å². The van der Waals surface area contributed by atoms with Crippen LogP contribution in [0.1, 0.15) is 31.0 Å². The Morgan fingerprint density at radius 1 is 1.32 bits per heavy atom. The second-order valence-electron chi connectivity index (χ2n) is 8.54. The van der Waals surface area contributed by atoms with E-state index in [9.17, 15) is 9.90 Å². The molecule has 7 nitrogen and oxygen atoms in total. The van der Waals surface area contributed by atoms with E-state index in [1.807, 2.05) is 18.2 Å². The molecule has 1 aliphatic rings. The molecule has 0 spiro atoms. The Balaban J connectivity index is 1.34. The normalized spacial score (nSPS) is 19.7. The summed E-state index contributed by atoms with van der Waals surface area (Å²) in [6.07, 6.45) is 7.07. The molecular formula is C25H29FN4O3S. The summed E-state index contributed by atoms with van der Waals surface area (Å²) in [6.45, 7) is 2.12. The number of hydrogen-bond donors (Lipinski definition) is 1. The van der Waals surface area contributed by atoms with Gasteiger partial charge in [0, 0.05) is 47.7 Å². The van der Waals surface area contributed by atoms with Crippen LogP contribution in [0.3, 0.4) is 0 Å². The molecule has 1 fully saturated rings. The number of likely N-dealkylation sites (tertiary alicyclic amines) is 1. The van der Waals surface area contributed by atoms with Gasteiger partial charge in [-0.15, -0.1) is 11.8 Å². The van der Waals surface area contributed by atoms with Crippen molar-refractivity contribution in [2.75, 3.05) is 32.5 Å². The average molecular weight is 485 g/mol. The van der Waals surface area contributed by atoms with Gasteiger partial charge in [-0.25, -0.2) is 14.4 Å². The number of carbonyl (C=O) groups is 1. The van der Waals surface area contributed by atoms with Gasteiger partial charge >= 0.3 is 5.97 Å². The molecule has 3 heterocycles. The molecule has 1 N–H and O–H groups in total. The molecule has 0 amide bonds. The quantitative estimate of drug-likeness (QED) is 0.417. The number of thioether (sulfide) groups is 1.